The molecule has 0 aliphatic carbocycles. The van der Waals surface area contributed by atoms with Gasteiger partial charge in [-0.05, 0) is 37.6 Å². The van der Waals surface area contributed by atoms with Crippen molar-refractivity contribution in [1.82, 2.24) is 4.31 Å². The van der Waals surface area contributed by atoms with E-state index in [0.717, 1.165) is 37.0 Å². The molecular weight excluding hydrogens is 310 g/mol. The second-order valence-electron chi connectivity index (χ2n) is 5.38. The third-order valence-corrected chi connectivity index (χ3v) is 7.26. The van der Waals surface area contributed by atoms with Crippen molar-refractivity contribution in [3.63, 3.8) is 0 Å². The quantitative estimate of drug-likeness (QED) is 0.799. The molecule has 0 amide bonds. The Morgan fingerprint density at radius 2 is 2.10 bits per heavy atom. The van der Waals surface area contributed by atoms with Crippen LogP contribution in [-0.2, 0) is 14.8 Å². The fourth-order valence-electron chi connectivity index (χ4n) is 2.71. The van der Waals surface area contributed by atoms with Gasteiger partial charge in [-0.2, -0.15) is 4.31 Å². The molecule has 0 spiro atoms. The normalized spacial score (nSPS) is 21.0. The number of thiophene rings is 1. The first-order valence-corrected chi connectivity index (χ1v) is 9.39. The van der Waals surface area contributed by atoms with Gasteiger partial charge in [0.15, 0.2) is 0 Å². The van der Waals surface area contributed by atoms with Gasteiger partial charge in [-0.15, -0.1) is 11.3 Å². The van der Waals surface area contributed by atoms with Gasteiger partial charge in [0.1, 0.15) is 9.77 Å². The van der Waals surface area contributed by atoms with Gasteiger partial charge in [-0.3, -0.25) is 0 Å². The highest BCUT2D eigenvalue weighted by Crippen LogP contribution is 2.32. The van der Waals surface area contributed by atoms with E-state index in [2.05, 4.69) is 0 Å². The summed E-state index contributed by atoms with van der Waals surface area (Å²) in [4.78, 5) is 12.1. The van der Waals surface area contributed by atoms with E-state index in [-0.39, 0.29) is 15.8 Å². The number of aryl methyl sites for hydroxylation is 1. The molecule has 0 bridgehead atoms. The van der Waals surface area contributed by atoms with Gasteiger partial charge in [0.25, 0.3) is 0 Å². The molecule has 0 radical (unpaired) electrons. The molecule has 7 heteroatoms. The number of sulfonamides is 1. The molecule has 1 aromatic heterocycles. The van der Waals surface area contributed by atoms with Crippen molar-refractivity contribution < 1.29 is 17.9 Å². The van der Waals surface area contributed by atoms with E-state index in [0.29, 0.717) is 12.1 Å². The second-order valence-corrected chi connectivity index (χ2v) is 8.09. The fraction of sp³-hybridized carbons (Fsp3) is 0.643. The van der Waals surface area contributed by atoms with Crippen LogP contribution >= 0.6 is 11.3 Å². The van der Waals surface area contributed by atoms with Crippen LogP contribution in [0.5, 0.6) is 0 Å². The van der Waals surface area contributed by atoms with E-state index in [1.807, 2.05) is 6.92 Å². The molecule has 1 unspecified atom stereocenters. The number of carbonyl (C=O) groups excluding carboxylic acids is 1. The summed E-state index contributed by atoms with van der Waals surface area (Å²) in [7, 11) is -2.40. The van der Waals surface area contributed by atoms with E-state index >= 15 is 0 Å². The van der Waals surface area contributed by atoms with Crippen molar-refractivity contribution in [1.29, 1.82) is 0 Å². The summed E-state index contributed by atoms with van der Waals surface area (Å²) in [5, 5.41) is 1.70. The van der Waals surface area contributed by atoms with Crippen molar-refractivity contribution in [2.75, 3.05) is 13.7 Å². The van der Waals surface area contributed by atoms with Crippen LogP contribution in [0.15, 0.2) is 10.3 Å². The SMILES string of the molecule is COC(=O)c1scc(C)c1S(=O)(=O)N1CCCCCC1C. The topological polar surface area (TPSA) is 63.7 Å². The molecule has 5 nitrogen and oxygen atoms in total. The third-order valence-electron chi connectivity index (χ3n) is 3.85. The molecule has 2 rings (SSSR count). The molecule has 1 atom stereocenters. The Morgan fingerprint density at radius 1 is 1.38 bits per heavy atom. The lowest BCUT2D eigenvalue weighted by Gasteiger charge is -2.26. The van der Waals surface area contributed by atoms with E-state index in [4.69, 9.17) is 4.74 Å². The Morgan fingerprint density at radius 3 is 2.76 bits per heavy atom. The lowest BCUT2D eigenvalue weighted by atomic mass is 10.1. The summed E-state index contributed by atoms with van der Waals surface area (Å²) >= 11 is 1.13. The highest BCUT2D eigenvalue weighted by molar-refractivity contribution is 7.89. The van der Waals surface area contributed by atoms with Gasteiger partial charge in [-0.25, -0.2) is 13.2 Å². The number of carbonyl (C=O) groups is 1. The first-order chi connectivity index (χ1) is 9.89. The van der Waals surface area contributed by atoms with Crippen LogP contribution in [-0.4, -0.2) is 38.4 Å². The summed E-state index contributed by atoms with van der Waals surface area (Å²) in [6.07, 6.45) is 3.80. The van der Waals surface area contributed by atoms with Gasteiger partial charge in [0, 0.05) is 12.6 Å². The van der Waals surface area contributed by atoms with Crippen molar-refractivity contribution >= 4 is 27.3 Å². The van der Waals surface area contributed by atoms with Gasteiger partial charge < -0.3 is 4.74 Å². The van der Waals surface area contributed by atoms with Crippen molar-refractivity contribution in [2.45, 2.75) is 50.5 Å². The van der Waals surface area contributed by atoms with Crippen LogP contribution in [0.2, 0.25) is 0 Å². The number of hydrogen-bond acceptors (Lipinski definition) is 5. The Labute approximate surface area is 130 Å². The maximum absolute atomic E-state index is 13.0. The van der Waals surface area contributed by atoms with Crippen LogP contribution in [0.3, 0.4) is 0 Å². The zero-order chi connectivity index (χ0) is 15.6. The number of ether oxygens (including phenoxy) is 1. The average Bonchev–Trinajstić information content (AvgIpc) is 2.69. The molecule has 0 N–H and O–H groups in total. The standard InChI is InChI=1S/C14H21NO4S2/c1-10-9-20-12(14(16)19-3)13(10)21(17,18)15-8-6-4-5-7-11(15)2/h9,11H,4-8H2,1-3H3. The third kappa shape index (κ3) is 3.14. The minimum absolute atomic E-state index is 0.0395. The fourth-order valence-corrected chi connectivity index (χ4v) is 6.07. The molecule has 0 aromatic carbocycles. The molecule has 1 aliphatic rings. The smallest absolute Gasteiger partial charge is 0.349 e. The molecule has 2 heterocycles. The second kappa shape index (κ2) is 6.46. The highest BCUT2D eigenvalue weighted by Gasteiger charge is 2.35. The van der Waals surface area contributed by atoms with Crippen LogP contribution in [0.1, 0.15) is 47.8 Å². The molecule has 1 aromatic rings. The minimum Gasteiger partial charge on any atom is -0.465 e. The lowest BCUT2D eigenvalue weighted by molar-refractivity contribution is 0.0602. The Balaban J connectivity index is 2.48. The van der Waals surface area contributed by atoms with E-state index < -0.39 is 16.0 Å². The zero-order valence-electron chi connectivity index (χ0n) is 12.6. The van der Waals surface area contributed by atoms with Gasteiger partial charge in [0.05, 0.1) is 7.11 Å². The van der Waals surface area contributed by atoms with Crippen LogP contribution in [0, 0.1) is 6.92 Å². The van der Waals surface area contributed by atoms with Gasteiger partial charge in [0.2, 0.25) is 10.0 Å². The first kappa shape index (κ1) is 16.5. The van der Waals surface area contributed by atoms with Gasteiger partial charge >= 0.3 is 5.97 Å². The van der Waals surface area contributed by atoms with Crippen molar-refractivity contribution in [2.24, 2.45) is 0 Å². The number of hydrogen-bond donors (Lipinski definition) is 0. The van der Waals surface area contributed by atoms with E-state index in [1.54, 1.807) is 16.6 Å². The van der Waals surface area contributed by atoms with Crippen LogP contribution in [0.4, 0.5) is 0 Å². The lowest BCUT2D eigenvalue weighted by Crippen LogP contribution is -2.38. The summed E-state index contributed by atoms with van der Waals surface area (Å²) in [5.74, 6) is -0.589. The molecule has 1 aliphatic heterocycles. The minimum atomic E-state index is -3.66. The molecule has 1 fully saturated rings. The number of rotatable bonds is 3. The molecule has 21 heavy (non-hydrogen) atoms. The molecule has 0 saturated carbocycles. The van der Waals surface area contributed by atoms with Crippen molar-refractivity contribution in [3.8, 4) is 0 Å². The van der Waals surface area contributed by atoms with Gasteiger partial charge in [-0.1, -0.05) is 12.8 Å². The van der Waals surface area contributed by atoms with Crippen LogP contribution < -0.4 is 0 Å². The summed E-state index contributed by atoms with van der Waals surface area (Å²) < 4.78 is 32.3. The first-order valence-electron chi connectivity index (χ1n) is 7.08. The summed E-state index contributed by atoms with van der Waals surface area (Å²) in [6.45, 7) is 4.17. The van der Waals surface area contributed by atoms with Crippen LogP contribution in [0.25, 0.3) is 0 Å². The summed E-state index contributed by atoms with van der Waals surface area (Å²) in [5.41, 5.74) is 0.608. The zero-order valence-corrected chi connectivity index (χ0v) is 14.2. The number of esters is 1. The Bertz CT molecular complexity index is 621. The predicted octanol–water partition coefficient (Wildman–Crippen LogP) is 2.80. The maximum Gasteiger partial charge on any atom is 0.349 e. The Hall–Kier alpha value is -0.920. The molecule has 118 valence electrons. The summed E-state index contributed by atoms with van der Waals surface area (Å²) in [6, 6.07) is -0.0395. The Kier molecular flexibility index (Phi) is 5.06. The number of nitrogens with zero attached hydrogens (tertiary/aromatic N) is 1. The van der Waals surface area contributed by atoms with E-state index in [9.17, 15) is 13.2 Å². The molecular formula is C14H21NO4S2. The van der Waals surface area contributed by atoms with Crippen molar-refractivity contribution in [3.05, 3.63) is 15.8 Å². The number of methoxy groups -OCH3 is 1. The predicted molar refractivity (Wildman–Crippen MR) is 82.2 cm³/mol. The average molecular weight is 331 g/mol. The van der Waals surface area contributed by atoms with E-state index in [1.165, 1.54) is 7.11 Å². The largest absolute Gasteiger partial charge is 0.465 e. The maximum atomic E-state index is 13.0. The highest BCUT2D eigenvalue weighted by atomic mass is 32.2. The monoisotopic (exact) mass is 331 g/mol. The molecule has 1 saturated heterocycles.